The number of hydrogen-bond acceptors (Lipinski definition) is 6. The molecule has 0 bridgehead atoms. The summed E-state index contributed by atoms with van der Waals surface area (Å²) in [4.78, 5) is 41.9. The number of hydrogen-bond donors (Lipinski definition) is 1. The minimum Gasteiger partial charge on any atom is -0.490 e. The number of rotatable bonds is 9. The highest BCUT2D eigenvalue weighted by atomic mass is 79.9. The summed E-state index contributed by atoms with van der Waals surface area (Å²) < 4.78 is 14.0. The average molecular weight is 730 g/mol. The van der Waals surface area contributed by atoms with Crippen molar-refractivity contribution in [3.63, 3.8) is 0 Å². The molecule has 2 aromatic carbocycles. The van der Waals surface area contributed by atoms with Crippen LogP contribution in [0.3, 0.4) is 0 Å². The third kappa shape index (κ3) is 6.69. The first-order valence-corrected chi connectivity index (χ1v) is 16.6. The normalized spacial score (nSPS) is 19.6. The van der Waals surface area contributed by atoms with Crippen LogP contribution in [0, 0.1) is 10.8 Å². The summed E-state index contributed by atoms with van der Waals surface area (Å²) in [5.41, 5.74) is 4.05. The molecule has 0 saturated heterocycles. The molecule has 234 valence electrons. The van der Waals surface area contributed by atoms with E-state index in [1.165, 1.54) is 0 Å². The molecular formula is C35H39Br2NO6. The zero-order valence-corrected chi connectivity index (χ0v) is 29.1. The van der Waals surface area contributed by atoms with Gasteiger partial charge in [0.05, 0.1) is 17.5 Å². The average Bonchev–Trinajstić information content (AvgIpc) is 2.90. The molecule has 0 radical (unpaired) electrons. The van der Waals surface area contributed by atoms with Crippen molar-refractivity contribution < 1.29 is 29.0 Å². The highest BCUT2D eigenvalue weighted by Crippen LogP contribution is 2.55. The lowest BCUT2D eigenvalue weighted by Crippen LogP contribution is -2.45. The first-order chi connectivity index (χ1) is 20.7. The van der Waals surface area contributed by atoms with Crippen LogP contribution in [0.1, 0.15) is 83.8 Å². The maximum atomic E-state index is 14.1. The van der Waals surface area contributed by atoms with Crippen molar-refractivity contribution in [2.45, 2.75) is 79.2 Å². The molecular weight excluding hydrogens is 690 g/mol. The summed E-state index contributed by atoms with van der Waals surface area (Å²) in [5.74, 6) is -0.426. The van der Waals surface area contributed by atoms with Crippen molar-refractivity contribution in [3.05, 3.63) is 79.0 Å². The molecule has 0 spiro atoms. The molecule has 1 heterocycles. The topological polar surface area (TPSA) is 93.1 Å². The number of carbonyl (C=O) groups excluding carboxylic acids is 2. The Morgan fingerprint density at radius 2 is 1.48 bits per heavy atom. The Morgan fingerprint density at radius 3 is 2.00 bits per heavy atom. The third-order valence-electron chi connectivity index (χ3n) is 8.53. The maximum absolute atomic E-state index is 14.1. The minimum atomic E-state index is -0.914. The number of carbonyl (C=O) groups is 3. The lowest BCUT2D eigenvalue weighted by molar-refractivity contribution is -0.137. The van der Waals surface area contributed by atoms with Gasteiger partial charge in [-0.15, -0.1) is 0 Å². The SMILES string of the molecule is CCOc1cc(C2C3=C(CC(C)(C)CC3=O)N(CCC(=O)O)C3=C2C(=O)CC(C)(C)C3)cc(Br)c1OCc1ccc(Br)cc1. The molecule has 0 unspecified atom stereocenters. The van der Waals surface area contributed by atoms with Gasteiger partial charge in [-0.3, -0.25) is 14.4 Å². The molecule has 0 amide bonds. The molecule has 9 heteroatoms. The van der Waals surface area contributed by atoms with Gasteiger partial charge in [0, 0.05) is 52.3 Å². The smallest absolute Gasteiger partial charge is 0.305 e. The van der Waals surface area contributed by atoms with Crippen LogP contribution in [0.4, 0.5) is 0 Å². The summed E-state index contributed by atoms with van der Waals surface area (Å²) in [6.07, 6.45) is 1.84. The molecule has 0 aromatic heterocycles. The number of allylic oxidation sites excluding steroid dienone is 4. The van der Waals surface area contributed by atoms with Crippen LogP contribution in [-0.4, -0.2) is 40.7 Å². The number of ether oxygens (including phenoxy) is 2. The fourth-order valence-electron chi connectivity index (χ4n) is 6.75. The lowest BCUT2D eigenvalue weighted by Gasteiger charge is -2.49. The second-order valence-corrected chi connectivity index (χ2v) is 15.3. The number of benzene rings is 2. The molecule has 2 aliphatic carbocycles. The van der Waals surface area contributed by atoms with E-state index in [2.05, 4.69) is 59.6 Å². The monoisotopic (exact) mass is 727 g/mol. The van der Waals surface area contributed by atoms with Crippen LogP contribution in [0.25, 0.3) is 0 Å². The molecule has 1 aliphatic heterocycles. The molecule has 44 heavy (non-hydrogen) atoms. The van der Waals surface area contributed by atoms with Gasteiger partial charge in [-0.05, 0) is 81.9 Å². The first kappa shape index (κ1) is 32.5. The van der Waals surface area contributed by atoms with Crippen molar-refractivity contribution in [2.75, 3.05) is 13.2 Å². The van der Waals surface area contributed by atoms with Crippen LogP contribution >= 0.6 is 31.9 Å². The van der Waals surface area contributed by atoms with E-state index in [1.807, 2.05) is 48.2 Å². The maximum Gasteiger partial charge on any atom is 0.305 e. The molecule has 0 fully saturated rings. The van der Waals surface area contributed by atoms with Gasteiger partial charge in [0.25, 0.3) is 0 Å². The zero-order valence-electron chi connectivity index (χ0n) is 25.9. The number of carboxylic acid groups (broad SMARTS) is 1. The highest BCUT2D eigenvalue weighted by molar-refractivity contribution is 9.10. The fourth-order valence-corrected chi connectivity index (χ4v) is 7.59. The van der Waals surface area contributed by atoms with E-state index in [-0.39, 0.29) is 35.4 Å². The molecule has 5 rings (SSSR count). The van der Waals surface area contributed by atoms with Crippen molar-refractivity contribution in [2.24, 2.45) is 10.8 Å². The Labute approximate surface area is 275 Å². The van der Waals surface area contributed by atoms with Gasteiger partial charge in [-0.25, -0.2) is 0 Å². The Morgan fingerprint density at radius 1 is 0.909 bits per heavy atom. The Hall–Kier alpha value is -2.91. The Bertz CT molecular complexity index is 1520. The van der Waals surface area contributed by atoms with Gasteiger partial charge in [-0.1, -0.05) is 55.8 Å². The van der Waals surface area contributed by atoms with Crippen molar-refractivity contribution in [1.82, 2.24) is 4.90 Å². The Kier molecular flexibility index (Phi) is 9.21. The predicted octanol–water partition coefficient (Wildman–Crippen LogP) is 8.35. The quantitative estimate of drug-likeness (QED) is 0.278. The van der Waals surface area contributed by atoms with E-state index in [1.54, 1.807) is 0 Å². The number of nitrogens with zero attached hydrogens (tertiary/aromatic N) is 1. The third-order valence-corrected chi connectivity index (χ3v) is 9.65. The first-order valence-electron chi connectivity index (χ1n) is 15.0. The van der Waals surface area contributed by atoms with Crippen molar-refractivity contribution >= 4 is 49.4 Å². The van der Waals surface area contributed by atoms with Gasteiger partial charge in [0.2, 0.25) is 0 Å². The molecule has 7 nitrogen and oxygen atoms in total. The molecule has 2 aromatic rings. The number of ketones is 2. The summed E-state index contributed by atoms with van der Waals surface area (Å²) in [6, 6.07) is 11.7. The summed E-state index contributed by atoms with van der Waals surface area (Å²) in [5, 5.41) is 9.62. The van der Waals surface area contributed by atoms with Crippen LogP contribution in [0.5, 0.6) is 11.5 Å². The minimum absolute atomic E-state index is 0.00425. The second kappa shape index (κ2) is 12.5. The van der Waals surface area contributed by atoms with E-state index in [0.29, 0.717) is 66.0 Å². The molecule has 1 N–H and O–H groups in total. The van der Waals surface area contributed by atoms with Gasteiger partial charge in [-0.2, -0.15) is 0 Å². The number of Topliss-reactive ketones (excluding diaryl/α,β-unsaturated/α-hetero) is 2. The van der Waals surface area contributed by atoms with Gasteiger partial charge in [0.1, 0.15) is 6.61 Å². The van der Waals surface area contributed by atoms with Crippen LogP contribution in [0.2, 0.25) is 0 Å². The summed E-state index contributed by atoms with van der Waals surface area (Å²) >= 11 is 7.19. The van der Waals surface area contributed by atoms with E-state index in [9.17, 15) is 19.5 Å². The summed E-state index contributed by atoms with van der Waals surface area (Å²) in [7, 11) is 0. The molecule has 0 saturated carbocycles. The molecule has 0 atom stereocenters. The standard InChI is InChI=1S/C35H39Br2NO6/c1-6-43-28-14-21(13-23(37)33(28)44-19-20-7-9-22(36)10-8-20)30-31-24(15-34(2,3)17-26(31)39)38(12-11-29(41)42)25-16-35(4,5)18-27(40)32(25)30/h7-10,13-14,30H,6,11-12,15-19H2,1-5H3,(H,41,42). The second-order valence-electron chi connectivity index (χ2n) is 13.5. The van der Waals surface area contributed by atoms with Crippen LogP contribution in [-0.2, 0) is 21.0 Å². The zero-order chi connectivity index (χ0) is 32.0. The fraction of sp³-hybridized carbons (Fsp3) is 0.457. The largest absolute Gasteiger partial charge is 0.490 e. The number of carboxylic acids is 1. The van der Waals surface area contributed by atoms with E-state index < -0.39 is 11.9 Å². The number of aliphatic carboxylic acids is 1. The number of halogens is 2. The Balaban J connectivity index is 1.67. The summed E-state index contributed by atoms with van der Waals surface area (Å²) in [6.45, 7) is 11.1. The van der Waals surface area contributed by atoms with Gasteiger partial charge >= 0.3 is 5.97 Å². The van der Waals surface area contributed by atoms with Crippen LogP contribution < -0.4 is 9.47 Å². The molecule has 3 aliphatic rings. The van der Waals surface area contributed by atoms with Crippen LogP contribution in [0.15, 0.2) is 67.9 Å². The van der Waals surface area contributed by atoms with Gasteiger partial charge < -0.3 is 19.5 Å². The predicted molar refractivity (Wildman–Crippen MR) is 176 cm³/mol. The lowest BCUT2D eigenvalue weighted by atomic mass is 9.63. The van der Waals surface area contributed by atoms with E-state index >= 15 is 0 Å². The van der Waals surface area contributed by atoms with Crippen molar-refractivity contribution in [1.29, 1.82) is 0 Å². The van der Waals surface area contributed by atoms with Crippen molar-refractivity contribution in [3.8, 4) is 11.5 Å². The highest BCUT2D eigenvalue weighted by Gasteiger charge is 2.49. The van der Waals surface area contributed by atoms with E-state index in [4.69, 9.17) is 9.47 Å². The van der Waals surface area contributed by atoms with Gasteiger partial charge in [0.15, 0.2) is 23.1 Å². The van der Waals surface area contributed by atoms with E-state index in [0.717, 1.165) is 27.0 Å².